The number of anilines is 3. The van der Waals surface area contributed by atoms with Crippen LogP contribution < -0.4 is 21.7 Å². The molecule has 0 atom stereocenters. The lowest BCUT2D eigenvalue weighted by Crippen LogP contribution is -2.32. The minimum atomic E-state index is -0.212. The Morgan fingerprint density at radius 1 is 1.05 bits per heavy atom. The van der Waals surface area contributed by atoms with Crippen LogP contribution >= 0.6 is 0 Å². The summed E-state index contributed by atoms with van der Waals surface area (Å²) in [7, 11) is 0. The van der Waals surface area contributed by atoms with E-state index in [1.807, 2.05) is 55.5 Å². The molecule has 0 unspecified atom stereocenters. The zero-order chi connectivity index (χ0) is 15.1. The Morgan fingerprint density at radius 3 is 2.52 bits per heavy atom. The summed E-state index contributed by atoms with van der Waals surface area (Å²) in [5.74, 6) is 0. The Balaban J connectivity index is 1.69. The number of urea groups is 1. The maximum absolute atomic E-state index is 11.7. The standard InChI is InChI=1S/C16H20N4O/c1-12-11-14(7-8-15(12)17)18-9-10-19-16(21)20-13-5-3-2-4-6-13/h2-8,11,18H,9-10,17H2,1H3,(H2,19,20,21). The van der Waals surface area contributed by atoms with Crippen LogP contribution in [0.5, 0.6) is 0 Å². The van der Waals surface area contributed by atoms with Crippen molar-refractivity contribution in [1.82, 2.24) is 5.32 Å². The summed E-state index contributed by atoms with van der Waals surface area (Å²) in [4.78, 5) is 11.7. The molecule has 5 nitrogen and oxygen atoms in total. The van der Waals surface area contributed by atoms with E-state index in [1.165, 1.54) is 0 Å². The third kappa shape index (κ3) is 4.72. The van der Waals surface area contributed by atoms with E-state index in [4.69, 9.17) is 5.73 Å². The summed E-state index contributed by atoms with van der Waals surface area (Å²) in [6.45, 7) is 3.14. The number of nitrogens with one attached hydrogen (secondary N) is 3. The number of aryl methyl sites for hydroxylation is 1. The minimum Gasteiger partial charge on any atom is -0.399 e. The average Bonchev–Trinajstić information content (AvgIpc) is 2.48. The average molecular weight is 284 g/mol. The predicted molar refractivity (Wildman–Crippen MR) is 87.5 cm³/mol. The molecule has 0 bridgehead atoms. The maximum atomic E-state index is 11.7. The number of rotatable bonds is 5. The minimum absolute atomic E-state index is 0.212. The van der Waals surface area contributed by atoms with Crippen molar-refractivity contribution >= 4 is 23.1 Å². The van der Waals surface area contributed by atoms with Crippen LogP contribution in [-0.4, -0.2) is 19.1 Å². The largest absolute Gasteiger partial charge is 0.399 e. The highest BCUT2D eigenvalue weighted by atomic mass is 16.2. The molecule has 0 radical (unpaired) electrons. The van der Waals surface area contributed by atoms with Gasteiger partial charge in [0.1, 0.15) is 0 Å². The first kappa shape index (κ1) is 14.7. The topological polar surface area (TPSA) is 79.2 Å². The Morgan fingerprint density at radius 2 is 1.81 bits per heavy atom. The van der Waals surface area contributed by atoms with Crippen LogP contribution in [0, 0.1) is 6.92 Å². The van der Waals surface area contributed by atoms with Crippen molar-refractivity contribution in [2.75, 3.05) is 29.5 Å². The lowest BCUT2D eigenvalue weighted by atomic mass is 10.2. The number of hydrogen-bond acceptors (Lipinski definition) is 3. The molecule has 0 spiro atoms. The monoisotopic (exact) mass is 284 g/mol. The number of amides is 2. The molecular formula is C16H20N4O. The van der Waals surface area contributed by atoms with Crippen LogP contribution in [0.25, 0.3) is 0 Å². The summed E-state index contributed by atoms with van der Waals surface area (Å²) < 4.78 is 0. The van der Waals surface area contributed by atoms with Crippen molar-refractivity contribution in [1.29, 1.82) is 0 Å². The second-order valence-electron chi connectivity index (χ2n) is 4.75. The molecule has 0 aromatic heterocycles. The number of benzene rings is 2. The number of carbonyl (C=O) groups is 1. The molecule has 5 N–H and O–H groups in total. The van der Waals surface area contributed by atoms with Crippen molar-refractivity contribution in [3.8, 4) is 0 Å². The second kappa shape index (κ2) is 7.19. The van der Waals surface area contributed by atoms with Crippen LogP contribution in [0.3, 0.4) is 0 Å². The highest BCUT2D eigenvalue weighted by Crippen LogP contribution is 2.15. The quantitative estimate of drug-likeness (QED) is 0.503. The van der Waals surface area contributed by atoms with Gasteiger partial charge in [-0.1, -0.05) is 18.2 Å². The van der Waals surface area contributed by atoms with E-state index in [-0.39, 0.29) is 6.03 Å². The first-order valence-corrected chi connectivity index (χ1v) is 6.85. The SMILES string of the molecule is Cc1cc(NCCNC(=O)Nc2ccccc2)ccc1N. The Bertz CT molecular complexity index is 598. The predicted octanol–water partition coefficient (Wildman–Crippen LogP) is 2.81. The maximum Gasteiger partial charge on any atom is 0.319 e. The molecule has 0 aliphatic rings. The van der Waals surface area contributed by atoms with Crippen LogP contribution in [0.4, 0.5) is 21.9 Å². The van der Waals surface area contributed by atoms with E-state index in [1.54, 1.807) is 0 Å². The van der Waals surface area contributed by atoms with Crippen molar-refractivity contribution in [2.24, 2.45) is 0 Å². The normalized spacial score (nSPS) is 9.95. The summed E-state index contributed by atoms with van der Waals surface area (Å²) in [6, 6.07) is 14.9. The molecule has 0 aliphatic carbocycles. The summed E-state index contributed by atoms with van der Waals surface area (Å²) in [5, 5.41) is 8.79. The third-order valence-corrected chi connectivity index (χ3v) is 3.04. The number of nitrogens with two attached hydrogens (primary N) is 1. The van der Waals surface area contributed by atoms with Gasteiger partial charge >= 0.3 is 6.03 Å². The van der Waals surface area contributed by atoms with Gasteiger partial charge in [-0.25, -0.2) is 4.79 Å². The fourth-order valence-corrected chi connectivity index (χ4v) is 1.87. The first-order valence-electron chi connectivity index (χ1n) is 6.85. The van der Waals surface area contributed by atoms with Crippen molar-refractivity contribution in [3.63, 3.8) is 0 Å². The zero-order valence-electron chi connectivity index (χ0n) is 12.0. The molecule has 5 heteroatoms. The van der Waals surface area contributed by atoms with Gasteiger partial charge in [0.25, 0.3) is 0 Å². The van der Waals surface area contributed by atoms with Gasteiger partial charge in [-0.3, -0.25) is 0 Å². The molecule has 2 aromatic carbocycles. The zero-order valence-corrected chi connectivity index (χ0v) is 12.0. The van der Waals surface area contributed by atoms with Gasteiger partial charge in [0.05, 0.1) is 0 Å². The van der Waals surface area contributed by atoms with Gasteiger partial charge in [-0.15, -0.1) is 0 Å². The molecule has 0 fully saturated rings. The molecule has 0 saturated carbocycles. The summed E-state index contributed by atoms with van der Waals surface area (Å²) >= 11 is 0. The van der Waals surface area contributed by atoms with E-state index in [9.17, 15) is 4.79 Å². The Hall–Kier alpha value is -2.69. The molecule has 2 amide bonds. The molecule has 0 heterocycles. The molecule has 110 valence electrons. The van der Waals surface area contributed by atoms with Gasteiger partial charge in [-0.05, 0) is 42.8 Å². The van der Waals surface area contributed by atoms with E-state index >= 15 is 0 Å². The molecule has 2 rings (SSSR count). The highest BCUT2D eigenvalue weighted by molar-refractivity contribution is 5.89. The van der Waals surface area contributed by atoms with E-state index < -0.39 is 0 Å². The van der Waals surface area contributed by atoms with Crippen molar-refractivity contribution in [3.05, 3.63) is 54.1 Å². The van der Waals surface area contributed by atoms with Crippen molar-refractivity contribution < 1.29 is 4.79 Å². The molecule has 0 aliphatic heterocycles. The first-order chi connectivity index (χ1) is 10.1. The van der Waals surface area contributed by atoms with Gasteiger partial charge < -0.3 is 21.7 Å². The molecule has 2 aromatic rings. The van der Waals surface area contributed by atoms with Crippen LogP contribution in [0.15, 0.2) is 48.5 Å². The number of carbonyl (C=O) groups excluding carboxylic acids is 1. The van der Waals surface area contributed by atoms with Crippen LogP contribution in [0.2, 0.25) is 0 Å². The van der Waals surface area contributed by atoms with E-state index in [0.29, 0.717) is 13.1 Å². The Labute approximate surface area is 124 Å². The fourth-order valence-electron chi connectivity index (χ4n) is 1.87. The highest BCUT2D eigenvalue weighted by Gasteiger charge is 2.00. The van der Waals surface area contributed by atoms with E-state index in [0.717, 1.165) is 22.6 Å². The van der Waals surface area contributed by atoms with Gasteiger partial charge in [0, 0.05) is 30.2 Å². The fraction of sp³-hybridized carbons (Fsp3) is 0.188. The Kier molecular flexibility index (Phi) is 5.04. The summed E-state index contributed by atoms with van der Waals surface area (Å²) in [6.07, 6.45) is 0. The van der Waals surface area contributed by atoms with Gasteiger partial charge in [0.2, 0.25) is 0 Å². The van der Waals surface area contributed by atoms with E-state index in [2.05, 4.69) is 16.0 Å². The smallest absolute Gasteiger partial charge is 0.319 e. The molecular weight excluding hydrogens is 264 g/mol. The van der Waals surface area contributed by atoms with Gasteiger partial charge in [-0.2, -0.15) is 0 Å². The number of nitrogen functional groups attached to an aromatic ring is 1. The van der Waals surface area contributed by atoms with Gasteiger partial charge in [0.15, 0.2) is 0 Å². The lowest BCUT2D eigenvalue weighted by Gasteiger charge is -2.10. The molecule has 21 heavy (non-hydrogen) atoms. The lowest BCUT2D eigenvalue weighted by molar-refractivity contribution is 0.252. The second-order valence-corrected chi connectivity index (χ2v) is 4.75. The van der Waals surface area contributed by atoms with Crippen LogP contribution in [0.1, 0.15) is 5.56 Å². The van der Waals surface area contributed by atoms with Crippen molar-refractivity contribution in [2.45, 2.75) is 6.92 Å². The number of hydrogen-bond donors (Lipinski definition) is 4. The third-order valence-electron chi connectivity index (χ3n) is 3.04. The number of para-hydroxylation sites is 1. The van der Waals surface area contributed by atoms with Crippen LogP contribution in [-0.2, 0) is 0 Å². The summed E-state index contributed by atoms with van der Waals surface area (Å²) in [5.41, 5.74) is 9.35. The molecule has 0 saturated heterocycles.